The summed E-state index contributed by atoms with van der Waals surface area (Å²) in [7, 11) is 7.94. The van der Waals surface area contributed by atoms with Crippen molar-refractivity contribution in [2.24, 2.45) is 5.89 Å². The standard InChI is InChI=1S/C27H38N2O4.ClH/c1-20(2)27(19-28,22-10-12-24(31-5)26(18-22)33-7)14-8-15-29(3)16-13-21-9-11-23(30-4)25(17-21)32-6;/h9-12,17-18,20H,8,13-16H2,1-7H3;1H/i1D2,2D3,20D;. The van der Waals surface area contributed by atoms with Crippen LogP contribution in [0.15, 0.2) is 36.4 Å². The summed E-state index contributed by atoms with van der Waals surface area (Å²) < 4.78 is 70.8. The topological polar surface area (TPSA) is 64.0 Å². The summed E-state index contributed by atoms with van der Waals surface area (Å²) in [6.45, 7) is -4.03. The van der Waals surface area contributed by atoms with Gasteiger partial charge < -0.3 is 23.8 Å². The summed E-state index contributed by atoms with van der Waals surface area (Å²) in [5, 5.41) is 10.5. The van der Waals surface area contributed by atoms with Gasteiger partial charge >= 0.3 is 0 Å². The molecule has 0 saturated heterocycles. The van der Waals surface area contributed by atoms with E-state index >= 15 is 0 Å². The Labute approximate surface area is 219 Å². The molecule has 0 heterocycles. The van der Waals surface area contributed by atoms with Gasteiger partial charge in [0.25, 0.3) is 0 Å². The molecular weight excluding hydrogens is 452 g/mol. The molecule has 188 valence electrons. The van der Waals surface area contributed by atoms with Crippen LogP contribution in [0.5, 0.6) is 23.0 Å². The van der Waals surface area contributed by atoms with E-state index in [1.165, 1.54) is 26.4 Å². The molecule has 7 heteroatoms. The molecule has 0 aliphatic carbocycles. The van der Waals surface area contributed by atoms with Crippen LogP contribution in [0.1, 0.15) is 45.9 Å². The first kappa shape index (κ1) is 20.7. The van der Waals surface area contributed by atoms with Gasteiger partial charge in [0, 0.05) is 14.8 Å². The van der Waals surface area contributed by atoms with Crippen LogP contribution in [-0.4, -0.2) is 53.5 Å². The minimum Gasteiger partial charge on any atom is -0.493 e. The Morgan fingerprint density at radius 2 is 1.59 bits per heavy atom. The van der Waals surface area contributed by atoms with Gasteiger partial charge in [-0.2, -0.15) is 5.26 Å². The third-order valence-corrected chi connectivity index (χ3v) is 5.85. The van der Waals surface area contributed by atoms with E-state index in [1.807, 2.05) is 30.1 Å². The SMILES string of the molecule is Cl.[2H]C([2H])C([2H])(C([2H])([2H])[2H])C(C#N)(CCCN(C)CCc1ccc(OC)c(OC)c1)c1ccc(OC)c(OC)c1. The first-order valence-corrected chi connectivity index (χ1v) is 10.7. The van der Waals surface area contributed by atoms with Gasteiger partial charge in [-0.3, -0.25) is 0 Å². The van der Waals surface area contributed by atoms with E-state index in [2.05, 4.69) is 6.07 Å². The largest absolute Gasteiger partial charge is 0.493 e. The summed E-state index contributed by atoms with van der Waals surface area (Å²) in [5.74, 6) is -0.801. The van der Waals surface area contributed by atoms with E-state index in [4.69, 9.17) is 27.2 Å². The van der Waals surface area contributed by atoms with Crippen LogP contribution in [0, 0.1) is 17.2 Å². The van der Waals surface area contributed by atoms with Gasteiger partial charge in [-0.05, 0) is 74.1 Å². The van der Waals surface area contributed by atoms with Crippen LogP contribution >= 0.6 is 12.4 Å². The summed E-state index contributed by atoms with van der Waals surface area (Å²) in [4.78, 5) is 2.05. The van der Waals surface area contributed by atoms with Crippen molar-refractivity contribution < 1.29 is 27.2 Å². The third-order valence-electron chi connectivity index (χ3n) is 5.85. The zero-order chi connectivity index (χ0) is 29.4. The molecule has 2 aromatic rings. The summed E-state index contributed by atoms with van der Waals surface area (Å²) in [5.41, 5.74) is -0.739. The van der Waals surface area contributed by atoms with Crippen molar-refractivity contribution in [3.8, 4) is 29.1 Å². The average molecular weight is 497 g/mol. The van der Waals surface area contributed by atoms with E-state index in [0.717, 1.165) is 12.0 Å². The lowest BCUT2D eigenvalue weighted by molar-refractivity contribution is 0.292. The smallest absolute Gasteiger partial charge is 0.161 e. The number of nitrogens with zero attached hydrogens (tertiary/aromatic N) is 2. The maximum Gasteiger partial charge on any atom is 0.161 e. The Kier molecular flexibility index (Phi) is 8.50. The van der Waals surface area contributed by atoms with E-state index in [1.54, 1.807) is 20.3 Å². The molecule has 0 saturated carbocycles. The molecule has 2 aromatic carbocycles. The molecule has 0 amide bonds. The van der Waals surface area contributed by atoms with Crippen LogP contribution in [-0.2, 0) is 11.8 Å². The number of halogens is 1. The van der Waals surface area contributed by atoms with Gasteiger partial charge in [0.05, 0.1) is 39.9 Å². The highest BCUT2D eigenvalue weighted by Gasteiger charge is 2.36. The van der Waals surface area contributed by atoms with Gasteiger partial charge in [-0.1, -0.05) is 25.9 Å². The predicted molar refractivity (Wildman–Crippen MR) is 139 cm³/mol. The highest BCUT2D eigenvalue weighted by molar-refractivity contribution is 5.85. The van der Waals surface area contributed by atoms with Crippen molar-refractivity contribution in [1.29, 1.82) is 5.26 Å². The normalized spacial score (nSPS) is 17.2. The second-order valence-electron chi connectivity index (χ2n) is 7.85. The number of hydrogen-bond acceptors (Lipinski definition) is 6. The molecule has 0 spiro atoms. The monoisotopic (exact) mass is 496 g/mol. The van der Waals surface area contributed by atoms with Crippen molar-refractivity contribution >= 4 is 12.4 Å². The molecule has 0 aliphatic rings. The fourth-order valence-corrected chi connectivity index (χ4v) is 3.80. The highest BCUT2D eigenvalue weighted by atomic mass is 35.5. The lowest BCUT2D eigenvalue weighted by Gasteiger charge is -2.32. The van der Waals surface area contributed by atoms with Crippen molar-refractivity contribution in [3.05, 3.63) is 47.5 Å². The van der Waals surface area contributed by atoms with Crippen molar-refractivity contribution in [1.82, 2.24) is 4.90 Å². The molecule has 2 rings (SSSR count). The lowest BCUT2D eigenvalue weighted by Crippen LogP contribution is -2.32. The number of benzene rings is 2. The number of ether oxygens (including phenoxy) is 4. The number of likely N-dealkylation sites (N-methyl/N-ethyl adjacent to an activating group) is 1. The maximum absolute atomic E-state index is 10.5. The molecule has 2 unspecified atom stereocenters. The predicted octanol–water partition coefficient (Wildman–Crippen LogP) is 5.51. The van der Waals surface area contributed by atoms with Crippen LogP contribution in [0.2, 0.25) is 0 Å². The van der Waals surface area contributed by atoms with E-state index < -0.39 is 25.0 Å². The Balaban J connectivity index is 0.00000800. The van der Waals surface area contributed by atoms with Gasteiger partial charge in [0.1, 0.15) is 0 Å². The zero-order valence-electron chi connectivity index (χ0n) is 26.5. The van der Waals surface area contributed by atoms with Crippen molar-refractivity contribution in [2.75, 3.05) is 48.6 Å². The number of hydrogen-bond donors (Lipinski definition) is 0. The molecule has 0 bridgehead atoms. The van der Waals surface area contributed by atoms with Crippen LogP contribution < -0.4 is 18.9 Å². The minimum atomic E-state index is -3.08. The molecule has 0 aliphatic heterocycles. The first-order chi connectivity index (χ1) is 18.3. The summed E-state index contributed by atoms with van der Waals surface area (Å²) >= 11 is 0. The zero-order valence-corrected chi connectivity index (χ0v) is 21.3. The molecule has 0 radical (unpaired) electrons. The molecule has 2 atom stereocenters. The Morgan fingerprint density at radius 3 is 2.15 bits per heavy atom. The Bertz CT molecular complexity index is 1150. The third kappa shape index (κ3) is 6.94. The highest BCUT2D eigenvalue weighted by Crippen LogP contribution is 2.40. The molecule has 0 fully saturated rings. The molecular formula is C27H39ClN2O4. The lowest BCUT2D eigenvalue weighted by atomic mass is 9.69. The van der Waals surface area contributed by atoms with Crippen molar-refractivity contribution in [2.45, 2.75) is 38.4 Å². The fourth-order valence-electron chi connectivity index (χ4n) is 3.80. The van der Waals surface area contributed by atoms with Crippen LogP contribution in [0.25, 0.3) is 0 Å². The first-order valence-electron chi connectivity index (χ1n) is 13.9. The molecule has 0 N–H and O–H groups in total. The quantitative estimate of drug-likeness (QED) is 0.364. The van der Waals surface area contributed by atoms with Gasteiger partial charge in [-0.15, -0.1) is 12.4 Å². The molecule has 34 heavy (non-hydrogen) atoms. The van der Waals surface area contributed by atoms with Gasteiger partial charge in [0.15, 0.2) is 23.0 Å². The number of methoxy groups -OCH3 is 4. The second-order valence-corrected chi connectivity index (χ2v) is 7.85. The second kappa shape index (κ2) is 13.9. The summed E-state index contributed by atoms with van der Waals surface area (Å²) in [6, 6.07) is 12.3. The molecule has 6 nitrogen and oxygen atoms in total. The molecule has 0 aromatic heterocycles. The van der Waals surface area contributed by atoms with Crippen LogP contribution in [0.4, 0.5) is 0 Å². The number of nitriles is 1. The maximum atomic E-state index is 10.5. The Hall–Kier alpha value is -2.62. The number of rotatable bonds is 13. The van der Waals surface area contributed by atoms with Crippen molar-refractivity contribution in [3.63, 3.8) is 0 Å². The minimum absolute atomic E-state index is 0. The average Bonchev–Trinajstić information content (AvgIpc) is 2.92. The van der Waals surface area contributed by atoms with E-state index in [0.29, 0.717) is 36.8 Å². The van der Waals surface area contributed by atoms with E-state index in [-0.39, 0.29) is 30.1 Å². The Morgan fingerprint density at radius 1 is 0.971 bits per heavy atom. The van der Waals surface area contributed by atoms with Gasteiger partial charge in [0.2, 0.25) is 0 Å². The summed E-state index contributed by atoms with van der Waals surface area (Å²) in [6.07, 6.45) is 1.03. The van der Waals surface area contributed by atoms with Crippen LogP contribution in [0.3, 0.4) is 0 Å². The van der Waals surface area contributed by atoms with E-state index in [9.17, 15) is 5.26 Å². The fraction of sp³-hybridized carbons (Fsp3) is 0.519. The van der Waals surface area contributed by atoms with Gasteiger partial charge in [-0.25, -0.2) is 0 Å².